The van der Waals surface area contributed by atoms with Gasteiger partial charge in [-0.25, -0.2) is 0 Å². The monoisotopic (exact) mass is 305 g/mol. The molecule has 0 fully saturated rings. The molecule has 0 saturated heterocycles. The summed E-state index contributed by atoms with van der Waals surface area (Å²) in [6, 6.07) is 15.7. The van der Waals surface area contributed by atoms with Crippen LogP contribution in [0.1, 0.15) is 16.7 Å². The lowest BCUT2D eigenvalue weighted by molar-refractivity contribution is -0.111. The van der Waals surface area contributed by atoms with Crippen LogP contribution in [0.15, 0.2) is 59.6 Å². The summed E-state index contributed by atoms with van der Waals surface area (Å²) in [5, 5.41) is 6.08. The number of nitrogens with zero attached hydrogens (tertiary/aromatic N) is 1. The molecule has 2 aromatic carbocycles. The Balaban J connectivity index is 1.60. The van der Waals surface area contributed by atoms with E-state index in [2.05, 4.69) is 15.6 Å². The zero-order chi connectivity index (χ0) is 16.1. The van der Waals surface area contributed by atoms with Crippen LogP contribution in [-0.2, 0) is 4.79 Å². The van der Waals surface area contributed by atoms with Crippen LogP contribution in [0.4, 0.5) is 5.69 Å². The Hall–Kier alpha value is -2.88. The fourth-order valence-electron chi connectivity index (χ4n) is 2.34. The van der Waals surface area contributed by atoms with Crippen LogP contribution in [0, 0.1) is 6.92 Å². The number of carbonyl (C=O) groups is 1. The summed E-state index contributed by atoms with van der Waals surface area (Å²) in [5.74, 6) is 0.775. The topological polar surface area (TPSA) is 53.5 Å². The lowest BCUT2D eigenvalue weighted by Crippen LogP contribution is -2.19. The van der Waals surface area contributed by atoms with Crippen LogP contribution in [-0.4, -0.2) is 24.8 Å². The van der Waals surface area contributed by atoms with E-state index in [0.29, 0.717) is 0 Å². The number of benzene rings is 2. The van der Waals surface area contributed by atoms with E-state index in [1.165, 1.54) is 5.56 Å². The highest BCUT2D eigenvalue weighted by Crippen LogP contribution is 2.11. The third kappa shape index (κ3) is 4.07. The third-order valence-electron chi connectivity index (χ3n) is 3.60. The Labute approximate surface area is 136 Å². The van der Waals surface area contributed by atoms with Crippen LogP contribution in [0.25, 0.3) is 6.08 Å². The normalized spacial score (nSPS) is 13.7. The van der Waals surface area contributed by atoms with Gasteiger partial charge in [-0.3, -0.25) is 9.79 Å². The van der Waals surface area contributed by atoms with Gasteiger partial charge in [0, 0.05) is 23.9 Å². The summed E-state index contributed by atoms with van der Waals surface area (Å²) in [6.45, 7) is 3.74. The summed E-state index contributed by atoms with van der Waals surface area (Å²) in [5.41, 5.74) is 4.01. The van der Waals surface area contributed by atoms with Crippen molar-refractivity contribution in [2.45, 2.75) is 6.92 Å². The molecule has 1 amide bonds. The van der Waals surface area contributed by atoms with Crippen molar-refractivity contribution in [2.75, 3.05) is 18.4 Å². The van der Waals surface area contributed by atoms with E-state index < -0.39 is 0 Å². The molecule has 4 heteroatoms. The number of nitrogens with one attached hydrogen (secondary N) is 2. The summed E-state index contributed by atoms with van der Waals surface area (Å²) < 4.78 is 0. The van der Waals surface area contributed by atoms with Crippen LogP contribution < -0.4 is 10.6 Å². The van der Waals surface area contributed by atoms with Crippen LogP contribution in [0.5, 0.6) is 0 Å². The van der Waals surface area contributed by atoms with E-state index in [1.54, 1.807) is 12.2 Å². The van der Waals surface area contributed by atoms with Crippen LogP contribution in [0.3, 0.4) is 0 Å². The SMILES string of the molecule is Cc1ccc(/C=C/C(=O)Nc2ccc(C3=NCCN3)cc2)cc1. The van der Waals surface area contributed by atoms with Gasteiger partial charge in [0.1, 0.15) is 5.84 Å². The summed E-state index contributed by atoms with van der Waals surface area (Å²) >= 11 is 0. The van der Waals surface area contributed by atoms with E-state index in [1.807, 2.05) is 55.5 Å². The van der Waals surface area contributed by atoms with Gasteiger partial charge in [0.15, 0.2) is 0 Å². The highest BCUT2D eigenvalue weighted by Gasteiger charge is 2.07. The smallest absolute Gasteiger partial charge is 0.248 e. The second-order valence-electron chi connectivity index (χ2n) is 5.47. The van der Waals surface area contributed by atoms with Crippen molar-refractivity contribution in [1.82, 2.24) is 5.32 Å². The lowest BCUT2D eigenvalue weighted by atomic mass is 10.1. The number of amides is 1. The van der Waals surface area contributed by atoms with Gasteiger partial charge in [-0.1, -0.05) is 29.8 Å². The highest BCUT2D eigenvalue weighted by molar-refractivity contribution is 6.03. The Morgan fingerprint density at radius 1 is 1.13 bits per heavy atom. The van der Waals surface area contributed by atoms with Crippen molar-refractivity contribution in [2.24, 2.45) is 4.99 Å². The highest BCUT2D eigenvalue weighted by atomic mass is 16.1. The van der Waals surface area contributed by atoms with Crippen molar-refractivity contribution < 1.29 is 4.79 Å². The molecule has 0 bridgehead atoms. The van der Waals surface area contributed by atoms with E-state index in [-0.39, 0.29) is 5.91 Å². The summed E-state index contributed by atoms with van der Waals surface area (Å²) in [4.78, 5) is 16.3. The first-order valence-corrected chi connectivity index (χ1v) is 7.65. The molecule has 23 heavy (non-hydrogen) atoms. The zero-order valence-electron chi connectivity index (χ0n) is 13.0. The van der Waals surface area contributed by atoms with Gasteiger partial charge in [-0.15, -0.1) is 0 Å². The number of carbonyl (C=O) groups excluding carboxylic acids is 1. The first-order chi connectivity index (χ1) is 11.2. The summed E-state index contributed by atoms with van der Waals surface area (Å²) in [7, 11) is 0. The molecule has 0 aromatic heterocycles. The van der Waals surface area contributed by atoms with Gasteiger partial charge in [0.05, 0.1) is 6.54 Å². The Bertz CT molecular complexity index is 743. The Morgan fingerprint density at radius 2 is 1.87 bits per heavy atom. The number of aryl methyl sites for hydroxylation is 1. The first kappa shape index (κ1) is 15.0. The number of amidine groups is 1. The number of anilines is 1. The van der Waals surface area contributed by atoms with Gasteiger partial charge in [0.2, 0.25) is 5.91 Å². The van der Waals surface area contributed by atoms with Gasteiger partial charge >= 0.3 is 0 Å². The molecular weight excluding hydrogens is 286 g/mol. The standard InChI is InChI=1S/C19H19N3O/c1-14-2-4-15(5-3-14)6-11-18(23)22-17-9-7-16(8-10-17)19-20-12-13-21-19/h2-11H,12-13H2,1H3,(H,20,21)(H,22,23)/b11-6+. The molecule has 2 N–H and O–H groups in total. The third-order valence-corrected chi connectivity index (χ3v) is 3.60. The zero-order valence-corrected chi connectivity index (χ0v) is 13.0. The van der Waals surface area contributed by atoms with E-state index in [0.717, 1.165) is 35.7 Å². The maximum Gasteiger partial charge on any atom is 0.248 e. The molecule has 4 nitrogen and oxygen atoms in total. The molecule has 1 aliphatic rings. The molecular formula is C19H19N3O. The van der Waals surface area contributed by atoms with Crippen LogP contribution >= 0.6 is 0 Å². The van der Waals surface area contributed by atoms with Crippen molar-refractivity contribution in [1.29, 1.82) is 0 Å². The molecule has 1 heterocycles. The van der Waals surface area contributed by atoms with Gasteiger partial charge < -0.3 is 10.6 Å². The number of hydrogen-bond donors (Lipinski definition) is 2. The second kappa shape index (κ2) is 6.92. The lowest BCUT2D eigenvalue weighted by Gasteiger charge is -2.05. The molecule has 1 aliphatic heterocycles. The molecule has 0 saturated carbocycles. The van der Waals surface area contributed by atoms with Crippen molar-refractivity contribution in [3.8, 4) is 0 Å². The second-order valence-corrected chi connectivity index (χ2v) is 5.47. The predicted octanol–water partition coefficient (Wildman–Crippen LogP) is 3.00. The number of hydrogen-bond acceptors (Lipinski definition) is 3. The molecule has 0 unspecified atom stereocenters. The van der Waals surface area contributed by atoms with Gasteiger partial charge in [0.25, 0.3) is 0 Å². The molecule has 0 aliphatic carbocycles. The fraction of sp³-hybridized carbons (Fsp3) is 0.158. The Kier molecular flexibility index (Phi) is 4.52. The quantitative estimate of drug-likeness (QED) is 0.853. The molecule has 0 atom stereocenters. The Morgan fingerprint density at radius 3 is 2.52 bits per heavy atom. The maximum atomic E-state index is 12.0. The average Bonchev–Trinajstić information content (AvgIpc) is 3.09. The minimum absolute atomic E-state index is 0.144. The molecule has 3 rings (SSSR count). The molecule has 2 aromatic rings. The maximum absolute atomic E-state index is 12.0. The van der Waals surface area contributed by atoms with E-state index in [4.69, 9.17) is 0 Å². The van der Waals surface area contributed by atoms with Gasteiger partial charge in [-0.2, -0.15) is 0 Å². The predicted molar refractivity (Wildman–Crippen MR) is 94.7 cm³/mol. The molecule has 0 radical (unpaired) electrons. The minimum atomic E-state index is -0.144. The minimum Gasteiger partial charge on any atom is -0.368 e. The molecule has 0 spiro atoms. The summed E-state index contributed by atoms with van der Waals surface area (Å²) in [6.07, 6.45) is 3.35. The van der Waals surface area contributed by atoms with E-state index >= 15 is 0 Å². The van der Waals surface area contributed by atoms with Crippen molar-refractivity contribution in [3.05, 3.63) is 71.3 Å². The van der Waals surface area contributed by atoms with Crippen LogP contribution in [0.2, 0.25) is 0 Å². The largest absolute Gasteiger partial charge is 0.368 e. The number of aliphatic imine (C=N–C) groups is 1. The first-order valence-electron chi connectivity index (χ1n) is 7.65. The number of rotatable bonds is 4. The average molecular weight is 305 g/mol. The van der Waals surface area contributed by atoms with E-state index in [9.17, 15) is 4.79 Å². The van der Waals surface area contributed by atoms with Crippen molar-refractivity contribution in [3.63, 3.8) is 0 Å². The van der Waals surface area contributed by atoms with Gasteiger partial charge in [-0.05, 0) is 42.8 Å². The molecule has 116 valence electrons. The van der Waals surface area contributed by atoms with Crippen molar-refractivity contribution >= 4 is 23.5 Å². The fourth-order valence-corrected chi connectivity index (χ4v) is 2.34.